The molecule has 0 aliphatic heterocycles. The molecule has 0 heterocycles. The fourth-order valence-corrected chi connectivity index (χ4v) is 3.05. The smallest absolute Gasteiger partial charge is 0.279 e. The van der Waals surface area contributed by atoms with Crippen LogP contribution in [-0.2, 0) is 19.2 Å². The first-order valence-corrected chi connectivity index (χ1v) is 11.5. The summed E-state index contributed by atoms with van der Waals surface area (Å²) >= 11 is 5.48. The zero-order chi connectivity index (χ0) is 22.7. The number of nitrogens with one attached hydrogen (secondary N) is 3. The number of hydrogen-bond donors (Lipinski definition) is 5. The van der Waals surface area contributed by atoms with Gasteiger partial charge in [0.25, 0.3) is 5.91 Å². The third kappa shape index (κ3) is 9.72. The van der Waals surface area contributed by atoms with E-state index in [4.69, 9.17) is 0 Å². The molecule has 0 aromatic carbocycles. The highest BCUT2D eigenvalue weighted by Crippen LogP contribution is 2.08. The van der Waals surface area contributed by atoms with Crippen LogP contribution in [0.5, 0.6) is 0 Å². The molecule has 6 N–H and O–H groups in total. The summed E-state index contributed by atoms with van der Waals surface area (Å²) in [6, 6.07) is -3.58. The molecule has 0 fully saturated rings. The van der Waals surface area contributed by atoms with Crippen molar-refractivity contribution >= 4 is 48.1 Å². The number of quaternary nitrogens is 1. The minimum Gasteiger partial charge on any atom is -0.548 e. The average Bonchev–Trinajstić information content (AvgIpc) is 2.65. The fourth-order valence-electron chi connectivity index (χ4n) is 2.41. The molecule has 0 unspecified atom stereocenters. The summed E-state index contributed by atoms with van der Waals surface area (Å²) in [5.41, 5.74) is 3.67. The van der Waals surface area contributed by atoms with Crippen molar-refractivity contribution in [2.45, 2.75) is 58.3 Å². The van der Waals surface area contributed by atoms with Crippen LogP contribution < -0.4 is 26.8 Å². The molecule has 0 aromatic rings. The van der Waals surface area contributed by atoms with E-state index in [2.05, 4.69) is 34.3 Å². The summed E-state index contributed by atoms with van der Waals surface area (Å²) < 4.78 is 0. The number of hydrogen-bond acceptors (Lipinski definition) is 7. The Labute approximate surface area is 182 Å². The first-order valence-electron chi connectivity index (χ1n) is 9.51. The predicted octanol–water partition coefficient (Wildman–Crippen LogP) is -2.20. The Morgan fingerprint density at radius 2 is 1.38 bits per heavy atom. The number of carbonyl (C=O) groups is 4. The van der Waals surface area contributed by atoms with Crippen LogP contribution in [0.3, 0.4) is 0 Å². The van der Waals surface area contributed by atoms with Crippen molar-refractivity contribution in [3.05, 3.63) is 0 Å². The number of amides is 3. The van der Waals surface area contributed by atoms with Gasteiger partial charge in [-0.25, -0.2) is 0 Å². The molecule has 0 aliphatic rings. The molecular formula is C18H34N4O5S2. The summed E-state index contributed by atoms with van der Waals surface area (Å²) in [7, 11) is 0. The Morgan fingerprint density at radius 3 is 1.76 bits per heavy atom. The number of carboxylic acid groups (broad SMARTS) is 1. The predicted molar refractivity (Wildman–Crippen MR) is 114 cm³/mol. The molecule has 0 bridgehead atoms. The summed E-state index contributed by atoms with van der Waals surface area (Å²) in [6.07, 6.45) is 2.04. The van der Waals surface area contributed by atoms with Crippen molar-refractivity contribution < 1.29 is 30.0 Å². The van der Waals surface area contributed by atoms with Crippen molar-refractivity contribution in [2.24, 2.45) is 11.8 Å². The van der Waals surface area contributed by atoms with E-state index in [-0.39, 0.29) is 24.0 Å². The monoisotopic (exact) mass is 450 g/mol. The van der Waals surface area contributed by atoms with Gasteiger partial charge in [-0.15, -0.1) is 0 Å². The zero-order valence-corrected chi connectivity index (χ0v) is 19.4. The highest BCUT2D eigenvalue weighted by molar-refractivity contribution is 7.98. The van der Waals surface area contributed by atoms with Gasteiger partial charge in [0.05, 0.1) is 17.8 Å². The fraction of sp³-hybridized carbons (Fsp3) is 0.778. The van der Waals surface area contributed by atoms with E-state index >= 15 is 0 Å². The van der Waals surface area contributed by atoms with Gasteiger partial charge in [0, 0.05) is 0 Å². The van der Waals surface area contributed by atoms with Crippen LogP contribution in [-0.4, -0.2) is 65.6 Å². The second-order valence-corrected chi connectivity index (χ2v) is 8.85. The van der Waals surface area contributed by atoms with Gasteiger partial charge in [0.15, 0.2) is 6.04 Å². The number of carbonyl (C=O) groups excluding carboxylic acids is 4. The maximum atomic E-state index is 12.8. The summed E-state index contributed by atoms with van der Waals surface area (Å²) in [6.45, 7) is 7.00. The third-order valence-corrected chi connectivity index (χ3v) is 5.38. The van der Waals surface area contributed by atoms with Crippen LogP contribution in [0.15, 0.2) is 0 Å². The Bertz CT molecular complexity index is 574. The normalized spacial score (nSPS) is 15.3. The van der Waals surface area contributed by atoms with Crippen molar-refractivity contribution in [3.63, 3.8) is 0 Å². The van der Waals surface area contributed by atoms with E-state index in [9.17, 15) is 24.3 Å². The second kappa shape index (κ2) is 13.7. The molecule has 11 heteroatoms. The summed E-state index contributed by atoms with van der Waals surface area (Å²) in [5, 5.41) is 19.0. The minimum atomic E-state index is -1.37. The molecule has 0 aliphatic carbocycles. The highest BCUT2D eigenvalue weighted by Gasteiger charge is 2.32. The van der Waals surface area contributed by atoms with E-state index in [0.29, 0.717) is 5.75 Å². The molecule has 4 atom stereocenters. The summed E-state index contributed by atoms with van der Waals surface area (Å²) in [4.78, 5) is 48.8. The lowest BCUT2D eigenvalue weighted by atomic mass is 9.99. The van der Waals surface area contributed by atoms with Gasteiger partial charge in [-0.1, -0.05) is 27.7 Å². The Balaban J connectivity index is 5.27. The first-order chi connectivity index (χ1) is 13.5. The molecule has 3 amide bonds. The molecule has 9 nitrogen and oxygen atoms in total. The van der Waals surface area contributed by atoms with Crippen LogP contribution in [0.1, 0.15) is 34.1 Å². The standard InChI is InChI=1S/C18H34N4O5S2/c1-9(2)13(16(24)20-12(18(26)27)6-7-29-5)22-17(25)14(10(3)4)21-15(23)11(19)8-28/h9-14,28H,6-8,19H2,1-5H3,(H,20,24)(H,21,23)(H,22,25)(H,26,27)/t11-,12-,13-,14-/m0/s1. The van der Waals surface area contributed by atoms with E-state index in [1.54, 1.807) is 27.7 Å². The lowest BCUT2D eigenvalue weighted by Gasteiger charge is -2.29. The van der Waals surface area contributed by atoms with Gasteiger partial charge >= 0.3 is 0 Å². The molecule has 0 aromatic heterocycles. The molecule has 29 heavy (non-hydrogen) atoms. The molecule has 168 valence electrons. The number of thiol groups is 1. The lowest BCUT2D eigenvalue weighted by molar-refractivity contribution is -0.396. The van der Waals surface area contributed by atoms with E-state index < -0.39 is 47.9 Å². The number of thioether (sulfide) groups is 1. The second-order valence-electron chi connectivity index (χ2n) is 7.50. The van der Waals surface area contributed by atoms with Gasteiger partial charge in [-0.3, -0.25) is 14.4 Å². The number of rotatable bonds is 13. The van der Waals surface area contributed by atoms with Gasteiger partial charge < -0.3 is 31.6 Å². The summed E-state index contributed by atoms with van der Waals surface area (Å²) in [5.74, 6) is -2.68. The largest absolute Gasteiger partial charge is 0.548 e. The first kappa shape index (κ1) is 27.5. The molecular weight excluding hydrogens is 416 g/mol. The van der Waals surface area contributed by atoms with Crippen molar-refractivity contribution in [3.8, 4) is 0 Å². The highest BCUT2D eigenvalue weighted by atomic mass is 32.2. The molecule has 0 radical (unpaired) electrons. The topological polar surface area (TPSA) is 155 Å². The maximum absolute atomic E-state index is 12.8. The minimum absolute atomic E-state index is 0.216. The maximum Gasteiger partial charge on any atom is 0.279 e. The van der Waals surface area contributed by atoms with Crippen LogP contribution >= 0.6 is 24.4 Å². The van der Waals surface area contributed by atoms with Gasteiger partial charge in [-0.05, 0) is 30.3 Å². The van der Waals surface area contributed by atoms with E-state index in [1.165, 1.54) is 11.8 Å². The molecule has 0 saturated heterocycles. The SMILES string of the molecule is CSCC[C@H](NC(=O)[C@@H](NC(=O)[C@@H](NC(=O)[C@@H]([NH3+])CS)C(C)C)C(C)C)C(=O)[O-]. The van der Waals surface area contributed by atoms with Gasteiger partial charge in [0.2, 0.25) is 11.8 Å². The Hall–Kier alpha value is -1.46. The van der Waals surface area contributed by atoms with Gasteiger partial charge in [-0.2, -0.15) is 24.4 Å². The molecule has 0 saturated carbocycles. The third-order valence-electron chi connectivity index (χ3n) is 4.30. The van der Waals surface area contributed by atoms with Crippen LogP contribution in [0.4, 0.5) is 0 Å². The van der Waals surface area contributed by atoms with Crippen molar-refractivity contribution in [1.29, 1.82) is 0 Å². The number of aliphatic carboxylic acids is 1. The Kier molecular flexibility index (Phi) is 13.0. The van der Waals surface area contributed by atoms with Crippen molar-refractivity contribution in [2.75, 3.05) is 17.8 Å². The lowest BCUT2D eigenvalue weighted by Crippen LogP contribution is -2.70. The average molecular weight is 451 g/mol. The van der Waals surface area contributed by atoms with E-state index in [0.717, 1.165) is 0 Å². The van der Waals surface area contributed by atoms with Crippen LogP contribution in [0.25, 0.3) is 0 Å². The molecule has 0 spiro atoms. The van der Waals surface area contributed by atoms with Crippen molar-refractivity contribution in [1.82, 2.24) is 16.0 Å². The molecule has 0 rings (SSSR count). The quantitative estimate of drug-likeness (QED) is 0.201. The number of carboxylic acids is 1. The van der Waals surface area contributed by atoms with Gasteiger partial charge in [0.1, 0.15) is 12.1 Å². The van der Waals surface area contributed by atoms with E-state index in [1.807, 2.05) is 6.26 Å². The Morgan fingerprint density at radius 1 is 0.931 bits per heavy atom. The zero-order valence-electron chi connectivity index (χ0n) is 17.7. The van der Waals surface area contributed by atoms with Crippen LogP contribution in [0.2, 0.25) is 0 Å². The van der Waals surface area contributed by atoms with Crippen LogP contribution in [0, 0.1) is 11.8 Å².